The van der Waals surface area contributed by atoms with Crippen molar-refractivity contribution in [1.29, 1.82) is 0 Å². The van der Waals surface area contributed by atoms with Crippen molar-refractivity contribution in [2.75, 3.05) is 18.7 Å². The van der Waals surface area contributed by atoms with E-state index in [1.165, 1.54) is 31.5 Å². The van der Waals surface area contributed by atoms with Crippen LogP contribution in [-0.4, -0.2) is 41.4 Å². The van der Waals surface area contributed by atoms with Crippen LogP contribution in [0.3, 0.4) is 0 Å². The number of pyridine rings is 2. The van der Waals surface area contributed by atoms with Gasteiger partial charge in [0.1, 0.15) is 23.7 Å². The van der Waals surface area contributed by atoms with Gasteiger partial charge in [-0.1, -0.05) is 0 Å². The number of aromatic nitrogens is 4. The monoisotopic (exact) mass is 427 g/mol. The van der Waals surface area contributed by atoms with E-state index in [9.17, 15) is 12.8 Å². The Morgan fingerprint density at radius 2 is 2.00 bits per heavy atom. The summed E-state index contributed by atoms with van der Waals surface area (Å²) in [5, 5.41) is 11.4. The number of anilines is 1. The average molecular weight is 427 g/mol. The largest absolute Gasteiger partial charge is 0.496 e. The second-order valence-corrected chi connectivity index (χ2v) is 8.59. The van der Waals surface area contributed by atoms with Gasteiger partial charge in [-0.25, -0.2) is 17.8 Å². The molecule has 0 unspecified atom stereocenters. The van der Waals surface area contributed by atoms with Crippen LogP contribution in [0.15, 0.2) is 60.0 Å². The van der Waals surface area contributed by atoms with Crippen LogP contribution < -0.4 is 10.1 Å². The number of hydrogen-bond acceptors (Lipinski definition) is 7. The molecule has 0 saturated heterocycles. The van der Waals surface area contributed by atoms with E-state index in [1.54, 1.807) is 22.9 Å². The van der Waals surface area contributed by atoms with E-state index in [0.717, 1.165) is 11.8 Å². The van der Waals surface area contributed by atoms with Gasteiger partial charge in [0.05, 0.1) is 7.11 Å². The van der Waals surface area contributed by atoms with Gasteiger partial charge in [0.2, 0.25) is 0 Å². The lowest BCUT2D eigenvalue weighted by atomic mass is 10.1. The molecular formula is C20H18FN5O3S. The first-order chi connectivity index (χ1) is 14.4. The Hall–Kier alpha value is -3.53. The predicted octanol–water partition coefficient (Wildman–Crippen LogP) is 2.95. The van der Waals surface area contributed by atoms with Gasteiger partial charge in [-0.15, -0.1) is 10.2 Å². The van der Waals surface area contributed by atoms with Gasteiger partial charge in [-0.3, -0.25) is 4.40 Å². The third kappa shape index (κ3) is 3.81. The number of hydrogen-bond donors (Lipinski definition) is 1. The average Bonchev–Trinajstić information content (AvgIpc) is 3.22. The van der Waals surface area contributed by atoms with Crippen molar-refractivity contribution in [1.82, 2.24) is 19.6 Å². The molecule has 0 bridgehead atoms. The summed E-state index contributed by atoms with van der Waals surface area (Å²) < 4.78 is 43.9. The Labute approximate surface area is 172 Å². The maximum absolute atomic E-state index is 13.6. The fourth-order valence-electron chi connectivity index (χ4n) is 3.11. The zero-order valence-electron chi connectivity index (χ0n) is 16.2. The molecule has 154 valence electrons. The molecule has 0 spiro atoms. The van der Waals surface area contributed by atoms with Gasteiger partial charge in [-0.2, -0.15) is 0 Å². The molecule has 0 aliphatic carbocycles. The first-order valence-electron chi connectivity index (χ1n) is 8.92. The maximum atomic E-state index is 13.6. The van der Waals surface area contributed by atoms with E-state index in [2.05, 4.69) is 20.5 Å². The summed E-state index contributed by atoms with van der Waals surface area (Å²) in [5.41, 5.74) is 2.69. The lowest BCUT2D eigenvalue weighted by molar-refractivity contribution is 0.409. The summed E-state index contributed by atoms with van der Waals surface area (Å²) in [7, 11) is -1.84. The van der Waals surface area contributed by atoms with Gasteiger partial charge in [0.25, 0.3) is 0 Å². The number of halogens is 1. The zero-order valence-corrected chi connectivity index (χ0v) is 17.0. The number of methoxy groups -OCH3 is 1. The second-order valence-electron chi connectivity index (χ2n) is 6.62. The number of sulfone groups is 1. The number of fused-ring (bicyclic) bond motifs is 1. The molecule has 3 aromatic heterocycles. The van der Waals surface area contributed by atoms with Crippen LogP contribution in [0.4, 0.5) is 10.2 Å². The van der Waals surface area contributed by atoms with Crippen molar-refractivity contribution in [2.24, 2.45) is 0 Å². The normalized spacial score (nSPS) is 11.6. The topological polar surface area (TPSA) is 98.5 Å². The van der Waals surface area contributed by atoms with Crippen molar-refractivity contribution in [3.05, 3.63) is 66.4 Å². The fourth-order valence-corrected chi connectivity index (χ4v) is 3.67. The number of rotatable bonds is 6. The first kappa shape index (κ1) is 19.8. The van der Waals surface area contributed by atoms with Crippen LogP contribution in [0.5, 0.6) is 5.75 Å². The van der Waals surface area contributed by atoms with E-state index in [0.29, 0.717) is 34.9 Å². The minimum Gasteiger partial charge on any atom is -0.496 e. The third-order valence-corrected chi connectivity index (χ3v) is 5.59. The lowest BCUT2D eigenvalue weighted by Gasteiger charge is -2.13. The standard InChI is InChI=1S/C20H18FN5O3S/c1-29-17-6-4-15(21)9-14(17)11-22-18-7-5-16(20-25-24-12-26(18)20)13-3-8-19(23-10-13)30(2,27)28/h3-10,12,22H,11H2,1-2H3. The number of nitrogens with zero attached hydrogens (tertiary/aromatic N) is 4. The van der Waals surface area contributed by atoms with E-state index in [-0.39, 0.29) is 10.8 Å². The predicted molar refractivity (Wildman–Crippen MR) is 110 cm³/mol. The Morgan fingerprint density at radius 1 is 1.17 bits per heavy atom. The molecule has 1 N–H and O–H groups in total. The SMILES string of the molecule is COc1ccc(F)cc1CNc1ccc(-c2ccc(S(C)(=O)=O)nc2)c2nncn12. The van der Waals surface area contributed by atoms with Crippen LogP contribution in [0, 0.1) is 5.82 Å². The molecule has 3 heterocycles. The molecule has 1 aromatic carbocycles. The van der Waals surface area contributed by atoms with Crippen molar-refractivity contribution in [3.8, 4) is 16.9 Å². The molecule has 0 amide bonds. The van der Waals surface area contributed by atoms with Crippen LogP contribution >= 0.6 is 0 Å². The third-order valence-electron chi connectivity index (χ3n) is 4.59. The number of nitrogens with one attached hydrogen (secondary N) is 1. The van der Waals surface area contributed by atoms with Crippen molar-refractivity contribution >= 4 is 21.3 Å². The van der Waals surface area contributed by atoms with Gasteiger partial charge < -0.3 is 10.1 Å². The molecule has 0 aliphatic heterocycles. The first-order valence-corrected chi connectivity index (χ1v) is 10.8. The minimum atomic E-state index is -3.37. The Kier molecular flexibility index (Phi) is 5.08. The summed E-state index contributed by atoms with van der Waals surface area (Å²) in [6.07, 6.45) is 4.16. The Balaban J connectivity index is 1.66. The highest BCUT2D eigenvalue weighted by Crippen LogP contribution is 2.27. The summed E-state index contributed by atoms with van der Waals surface area (Å²) >= 11 is 0. The van der Waals surface area contributed by atoms with Crippen LogP contribution in [0.25, 0.3) is 16.8 Å². The highest BCUT2D eigenvalue weighted by Gasteiger charge is 2.13. The smallest absolute Gasteiger partial charge is 0.192 e. The molecule has 0 saturated carbocycles. The van der Waals surface area contributed by atoms with Gasteiger partial charge in [0.15, 0.2) is 20.5 Å². The minimum absolute atomic E-state index is 0.00562. The molecular weight excluding hydrogens is 409 g/mol. The summed E-state index contributed by atoms with van der Waals surface area (Å²) in [4.78, 5) is 4.03. The molecule has 0 atom stereocenters. The van der Waals surface area contributed by atoms with E-state index in [4.69, 9.17) is 4.74 Å². The van der Waals surface area contributed by atoms with Crippen molar-refractivity contribution in [3.63, 3.8) is 0 Å². The Morgan fingerprint density at radius 3 is 2.70 bits per heavy atom. The molecule has 4 rings (SSSR count). The van der Waals surface area contributed by atoms with E-state index < -0.39 is 9.84 Å². The highest BCUT2D eigenvalue weighted by atomic mass is 32.2. The van der Waals surface area contributed by atoms with Crippen molar-refractivity contribution in [2.45, 2.75) is 11.6 Å². The number of benzene rings is 1. The Bertz CT molecular complexity index is 1320. The molecule has 30 heavy (non-hydrogen) atoms. The summed E-state index contributed by atoms with van der Waals surface area (Å²) in [6, 6.07) is 11.2. The summed E-state index contributed by atoms with van der Waals surface area (Å²) in [6.45, 7) is 0.332. The van der Waals surface area contributed by atoms with Gasteiger partial charge >= 0.3 is 0 Å². The van der Waals surface area contributed by atoms with Gasteiger partial charge in [0, 0.05) is 35.7 Å². The molecule has 0 aliphatic rings. The second kappa shape index (κ2) is 7.71. The van der Waals surface area contributed by atoms with E-state index >= 15 is 0 Å². The number of ether oxygens (including phenoxy) is 1. The lowest BCUT2D eigenvalue weighted by Crippen LogP contribution is -2.06. The van der Waals surface area contributed by atoms with Crippen molar-refractivity contribution < 1.29 is 17.5 Å². The zero-order chi connectivity index (χ0) is 21.3. The van der Waals surface area contributed by atoms with Gasteiger partial charge in [-0.05, 0) is 42.5 Å². The maximum Gasteiger partial charge on any atom is 0.192 e. The van der Waals surface area contributed by atoms with Crippen LogP contribution in [0.1, 0.15) is 5.56 Å². The van der Waals surface area contributed by atoms with Crippen LogP contribution in [0.2, 0.25) is 0 Å². The van der Waals surface area contributed by atoms with E-state index in [1.807, 2.05) is 12.1 Å². The van der Waals surface area contributed by atoms with Crippen LogP contribution in [-0.2, 0) is 16.4 Å². The molecule has 0 radical (unpaired) electrons. The fraction of sp³-hybridized carbons (Fsp3) is 0.150. The molecule has 10 heteroatoms. The molecule has 0 fully saturated rings. The molecule has 8 nitrogen and oxygen atoms in total. The molecule has 4 aromatic rings. The summed E-state index contributed by atoms with van der Waals surface area (Å²) in [5.74, 6) is 0.936. The highest BCUT2D eigenvalue weighted by molar-refractivity contribution is 7.90. The quantitative estimate of drug-likeness (QED) is 0.505.